The molecule has 1 aliphatic rings. The fourth-order valence-electron chi connectivity index (χ4n) is 2.97. The van der Waals surface area contributed by atoms with Crippen LogP contribution in [0.25, 0.3) is 0 Å². The van der Waals surface area contributed by atoms with Crippen LogP contribution in [-0.4, -0.2) is 29.7 Å². The lowest BCUT2D eigenvalue weighted by atomic mass is 9.88. The maximum absolute atomic E-state index is 12.1. The van der Waals surface area contributed by atoms with Crippen molar-refractivity contribution in [2.24, 2.45) is 0 Å². The van der Waals surface area contributed by atoms with Gasteiger partial charge in [-0.25, -0.2) is 4.79 Å². The molecule has 1 fully saturated rings. The number of pyridine rings is 1. The second kappa shape index (κ2) is 6.55. The highest BCUT2D eigenvalue weighted by Crippen LogP contribution is 2.30. The number of nitrogens with zero attached hydrogens (tertiary/aromatic N) is 2. The summed E-state index contributed by atoms with van der Waals surface area (Å²) in [5.41, 5.74) is 1.51. The number of carbonyl (C=O) groups is 1. The molecular weight excluding hydrogens is 280 g/mol. The zero-order valence-electron chi connectivity index (χ0n) is 14.0. The second-order valence-corrected chi connectivity index (χ2v) is 6.83. The van der Waals surface area contributed by atoms with Crippen molar-refractivity contribution in [2.75, 3.05) is 13.1 Å². The summed E-state index contributed by atoms with van der Waals surface area (Å²) in [6.45, 7) is 8.99. The zero-order chi connectivity index (χ0) is 16.3. The largest absolute Gasteiger partial charge is 0.618 e. The van der Waals surface area contributed by atoms with E-state index in [9.17, 15) is 10.0 Å². The van der Waals surface area contributed by atoms with Crippen LogP contribution in [0.3, 0.4) is 0 Å². The molecule has 2 heterocycles. The molecule has 5 nitrogen and oxygen atoms in total. The average Bonchev–Trinajstić information content (AvgIpc) is 2.45. The molecule has 1 amide bonds. The molecule has 1 aliphatic heterocycles. The number of aromatic nitrogens is 1. The molecule has 1 aromatic rings. The van der Waals surface area contributed by atoms with Crippen LogP contribution in [0.4, 0.5) is 4.79 Å². The molecule has 1 saturated heterocycles. The lowest BCUT2D eigenvalue weighted by molar-refractivity contribution is -0.614. The summed E-state index contributed by atoms with van der Waals surface area (Å²) >= 11 is 0. The van der Waals surface area contributed by atoms with Gasteiger partial charge in [0.2, 0.25) is 0 Å². The molecule has 2 rings (SSSR count). The van der Waals surface area contributed by atoms with Gasteiger partial charge in [0.05, 0.1) is 0 Å². The van der Waals surface area contributed by atoms with Gasteiger partial charge in [0.25, 0.3) is 0 Å². The average molecular weight is 306 g/mol. The molecule has 0 radical (unpaired) electrons. The van der Waals surface area contributed by atoms with Gasteiger partial charge in [-0.2, -0.15) is 4.73 Å². The Morgan fingerprint density at radius 3 is 2.59 bits per heavy atom. The van der Waals surface area contributed by atoms with E-state index < -0.39 is 5.60 Å². The first-order chi connectivity index (χ1) is 10.3. The molecule has 22 heavy (non-hydrogen) atoms. The predicted octanol–water partition coefficient (Wildman–Crippen LogP) is 3.00. The van der Waals surface area contributed by atoms with E-state index in [0.29, 0.717) is 19.0 Å². The topological polar surface area (TPSA) is 56.5 Å². The van der Waals surface area contributed by atoms with E-state index in [-0.39, 0.29) is 6.09 Å². The molecule has 0 spiro atoms. The number of piperidine rings is 1. The third-order valence-corrected chi connectivity index (χ3v) is 4.02. The Bertz CT molecular complexity index is 529. The van der Waals surface area contributed by atoms with E-state index in [1.807, 2.05) is 39.8 Å². The summed E-state index contributed by atoms with van der Waals surface area (Å²) in [6, 6.07) is 3.85. The van der Waals surface area contributed by atoms with E-state index in [1.54, 1.807) is 11.1 Å². The van der Waals surface area contributed by atoms with Crippen LogP contribution in [-0.2, 0) is 11.2 Å². The molecule has 0 aromatic carbocycles. The van der Waals surface area contributed by atoms with Crippen LogP contribution in [0.2, 0.25) is 0 Å². The minimum atomic E-state index is -0.461. The molecule has 0 atom stereocenters. The molecule has 0 aliphatic carbocycles. The fourth-order valence-corrected chi connectivity index (χ4v) is 2.97. The smallest absolute Gasteiger partial charge is 0.410 e. The molecule has 5 heteroatoms. The number of likely N-dealkylation sites (tertiary alicyclic amines) is 1. The number of amides is 1. The molecule has 122 valence electrons. The van der Waals surface area contributed by atoms with Crippen LogP contribution in [0.15, 0.2) is 18.3 Å². The third-order valence-electron chi connectivity index (χ3n) is 4.02. The Balaban J connectivity index is 2.01. The first-order valence-corrected chi connectivity index (χ1v) is 8.00. The Kier molecular flexibility index (Phi) is 4.94. The van der Waals surface area contributed by atoms with E-state index in [2.05, 4.69) is 0 Å². The lowest BCUT2D eigenvalue weighted by Gasteiger charge is -2.33. The highest BCUT2D eigenvalue weighted by molar-refractivity contribution is 5.68. The van der Waals surface area contributed by atoms with Crippen molar-refractivity contribution in [2.45, 2.75) is 58.5 Å². The van der Waals surface area contributed by atoms with E-state index in [1.165, 1.54) is 0 Å². The summed E-state index contributed by atoms with van der Waals surface area (Å²) in [7, 11) is 0. The summed E-state index contributed by atoms with van der Waals surface area (Å²) < 4.78 is 6.38. The Hall–Kier alpha value is -1.78. The van der Waals surface area contributed by atoms with E-state index in [4.69, 9.17) is 4.74 Å². The van der Waals surface area contributed by atoms with Crippen LogP contribution >= 0.6 is 0 Å². The molecule has 0 unspecified atom stereocenters. The fraction of sp³-hybridized carbons (Fsp3) is 0.647. The van der Waals surface area contributed by atoms with Crippen LogP contribution in [0, 0.1) is 5.21 Å². The maximum Gasteiger partial charge on any atom is 0.410 e. The predicted molar refractivity (Wildman–Crippen MR) is 84.6 cm³/mol. The van der Waals surface area contributed by atoms with Gasteiger partial charge in [-0.15, -0.1) is 0 Å². The number of hydrogen-bond acceptors (Lipinski definition) is 3. The Morgan fingerprint density at radius 2 is 2.05 bits per heavy atom. The molecular formula is C17H26N2O3. The maximum atomic E-state index is 12.1. The summed E-state index contributed by atoms with van der Waals surface area (Å²) in [4.78, 5) is 13.8. The van der Waals surface area contributed by atoms with Gasteiger partial charge in [0, 0.05) is 31.1 Å². The second-order valence-electron chi connectivity index (χ2n) is 6.83. The summed E-state index contributed by atoms with van der Waals surface area (Å²) in [6.07, 6.45) is 3.78. The monoisotopic (exact) mass is 306 g/mol. The van der Waals surface area contributed by atoms with Gasteiger partial charge < -0.3 is 14.8 Å². The van der Waals surface area contributed by atoms with Crippen molar-refractivity contribution in [1.29, 1.82) is 0 Å². The lowest BCUT2D eigenvalue weighted by Crippen LogP contribution is -2.42. The molecule has 0 saturated carbocycles. The standard InChI is InChI=1S/C17H26N2O3/c1-5-15-14(7-6-10-19(15)21)13-8-11-18(12-9-13)16(20)22-17(2,3)4/h6-7,10,13H,5,8-9,11-12H2,1-4H3. The highest BCUT2D eigenvalue weighted by Gasteiger charge is 2.29. The number of hydrogen-bond donors (Lipinski definition) is 0. The quantitative estimate of drug-likeness (QED) is 0.623. The van der Waals surface area contributed by atoms with Crippen molar-refractivity contribution < 1.29 is 14.3 Å². The molecule has 1 aromatic heterocycles. The van der Waals surface area contributed by atoms with Crippen LogP contribution in [0.5, 0.6) is 0 Å². The first kappa shape index (κ1) is 16.6. The minimum absolute atomic E-state index is 0.242. The number of ether oxygens (including phenoxy) is 1. The zero-order valence-corrected chi connectivity index (χ0v) is 14.0. The normalized spacial score (nSPS) is 16.6. The van der Waals surface area contributed by atoms with Gasteiger partial charge in [0.1, 0.15) is 5.60 Å². The van der Waals surface area contributed by atoms with Gasteiger partial charge in [-0.05, 0) is 45.6 Å². The molecule has 0 N–H and O–H groups in total. The number of carbonyl (C=O) groups excluding carboxylic acids is 1. The van der Waals surface area contributed by atoms with Gasteiger partial charge in [-0.3, -0.25) is 0 Å². The van der Waals surface area contributed by atoms with Crippen molar-refractivity contribution in [3.05, 3.63) is 34.8 Å². The molecule has 0 bridgehead atoms. The van der Waals surface area contributed by atoms with Gasteiger partial charge >= 0.3 is 6.09 Å². The van der Waals surface area contributed by atoms with Crippen molar-refractivity contribution in [3.63, 3.8) is 0 Å². The first-order valence-electron chi connectivity index (χ1n) is 8.00. The van der Waals surface area contributed by atoms with Gasteiger partial charge in [0.15, 0.2) is 11.9 Å². The van der Waals surface area contributed by atoms with Crippen molar-refractivity contribution in [1.82, 2.24) is 4.90 Å². The highest BCUT2D eigenvalue weighted by atomic mass is 16.6. The Labute approximate surface area is 132 Å². The Morgan fingerprint density at radius 1 is 1.41 bits per heavy atom. The summed E-state index contributed by atoms with van der Waals surface area (Å²) in [5, 5.41) is 11.9. The van der Waals surface area contributed by atoms with Crippen LogP contribution < -0.4 is 4.73 Å². The van der Waals surface area contributed by atoms with E-state index in [0.717, 1.165) is 35.3 Å². The third kappa shape index (κ3) is 3.90. The SMILES string of the molecule is CCc1c(C2CCN(C(=O)OC(C)(C)C)CC2)ccc[n+]1[O-]. The summed E-state index contributed by atoms with van der Waals surface area (Å²) in [5.74, 6) is 0.343. The van der Waals surface area contributed by atoms with Crippen molar-refractivity contribution >= 4 is 6.09 Å². The number of rotatable bonds is 2. The van der Waals surface area contributed by atoms with Crippen molar-refractivity contribution in [3.8, 4) is 0 Å². The van der Waals surface area contributed by atoms with Gasteiger partial charge in [-0.1, -0.05) is 6.92 Å². The van der Waals surface area contributed by atoms with E-state index >= 15 is 0 Å². The van der Waals surface area contributed by atoms with Crippen LogP contribution in [0.1, 0.15) is 57.7 Å². The minimum Gasteiger partial charge on any atom is -0.618 e.